The molecule has 0 amide bonds. The van der Waals surface area contributed by atoms with Crippen LogP contribution in [0, 0.1) is 11.6 Å². The molecule has 28 heavy (non-hydrogen) atoms. The van der Waals surface area contributed by atoms with E-state index in [2.05, 4.69) is 20.3 Å². The van der Waals surface area contributed by atoms with Crippen LogP contribution in [0.3, 0.4) is 0 Å². The van der Waals surface area contributed by atoms with Crippen LogP contribution in [0.1, 0.15) is 5.89 Å². The van der Waals surface area contributed by atoms with Gasteiger partial charge in [-0.2, -0.15) is 4.98 Å². The average Bonchev–Trinajstić information content (AvgIpc) is 3.18. The van der Waals surface area contributed by atoms with Gasteiger partial charge in [-0.1, -0.05) is 40.7 Å². The topological polar surface area (TPSA) is 64.7 Å². The maximum atomic E-state index is 13.8. The lowest BCUT2D eigenvalue weighted by Crippen LogP contribution is -1.92. The molecule has 0 fully saturated rings. The average molecular weight is 417 g/mol. The number of aromatic nitrogens is 4. The number of rotatable bonds is 5. The lowest BCUT2D eigenvalue weighted by molar-refractivity contribution is 0.391. The van der Waals surface area contributed by atoms with E-state index in [0.717, 1.165) is 0 Å². The standard InChI is InChI=1S/C19H11ClF2N4OS/c20-13-9-11(5-6-15(13)22)19-23-17(27-26-19)10-28-18-8-7-16(24-25-18)12-3-1-2-4-14(12)21/h1-9H,10H2. The predicted molar refractivity (Wildman–Crippen MR) is 102 cm³/mol. The summed E-state index contributed by atoms with van der Waals surface area (Å²) in [5.74, 6) is 0.202. The van der Waals surface area contributed by atoms with Gasteiger partial charge in [-0.25, -0.2) is 8.78 Å². The monoisotopic (exact) mass is 416 g/mol. The number of halogens is 3. The molecule has 2 aromatic heterocycles. The first kappa shape index (κ1) is 18.5. The molecule has 2 heterocycles. The summed E-state index contributed by atoms with van der Waals surface area (Å²) in [6.45, 7) is 0. The number of hydrogen-bond donors (Lipinski definition) is 0. The summed E-state index contributed by atoms with van der Waals surface area (Å²) in [4.78, 5) is 4.27. The Labute approximate surface area is 167 Å². The zero-order valence-electron chi connectivity index (χ0n) is 14.1. The Kier molecular flexibility index (Phi) is 5.31. The van der Waals surface area contributed by atoms with E-state index in [0.29, 0.717) is 39.3 Å². The van der Waals surface area contributed by atoms with Crippen molar-refractivity contribution in [1.29, 1.82) is 0 Å². The van der Waals surface area contributed by atoms with Crippen molar-refractivity contribution < 1.29 is 13.3 Å². The summed E-state index contributed by atoms with van der Waals surface area (Å²) in [5, 5.41) is 12.7. The van der Waals surface area contributed by atoms with Crippen molar-refractivity contribution in [3.8, 4) is 22.6 Å². The van der Waals surface area contributed by atoms with Gasteiger partial charge in [0.05, 0.1) is 16.5 Å². The Morgan fingerprint density at radius 3 is 2.57 bits per heavy atom. The zero-order chi connectivity index (χ0) is 19.5. The van der Waals surface area contributed by atoms with Gasteiger partial charge < -0.3 is 4.52 Å². The second kappa shape index (κ2) is 8.04. The third-order valence-electron chi connectivity index (χ3n) is 3.78. The van der Waals surface area contributed by atoms with Gasteiger partial charge in [0.25, 0.3) is 0 Å². The second-order valence-corrected chi connectivity index (χ2v) is 7.07. The Morgan fingerprint density at radius 1 is 0.964 bits per heavy atom. The largest absolute Gasteiger partial charge is 0.338 e. The van der Waals surface area contributed by atoms with Crippen molar-refractivity contribution in [2.75, 3.05) is 0 Å². The molecule has 5 nitrogen and oxygen atoms in total. The Bertz CT molecular complexity index is 1120. The number of nitrogens with zero attached hydrogens (tertiary/aromatic N) is 4. The van der Waals surface area contributed by atoms with Crippen molar-refractivity contribution in [2.24, 2.45) is 0 Å². The number of benzene rings is 2. The molecule has 0 atom stereocenters. The molecule has 0 N–H and O–H groups in total. The summed E-state index contributed by atoms with van der Waals surface area (Å²) < 4.78 is 32.3. The van der Waals surface area contributed by atoms with Crippen LogP contribution >= 0.6 is 23.4 Å². The van der Waals surface area contributed by atoms with Crippen LogP contribution in [0.15, 0.2) is 64.1 Å². The fraction of sp³-hybridized carbons (Fsp3) is 0.0526. The van der Waals surface area contributed by atoms with Crippen LogP contribution < -0.4 is 0 Å². The fourth-order valence-corrected chi connectivity index (χ4v) is 3.24. The highest BCUT2D eigenvalue weighted by Gasteiger charge is 2.12. The van der Waals surface area contributed by atoms with E-state index in [-0.39, 0.29) is 10.8 Å². The van der Waals surface area contributed by atoms with Crippen molar-refractivity contribution in [3.05, 3.63) is 77.1 Å². The van der Waals surface area contributed by atoms with Gasteiger partial charge >= 0.3 is 0 Å². The molecule has 4 aromatic rings. The van der Waals surface area contributed by atoms with Crippen LogP contribution in [-0.4, -0.2) is 20.3 Å². The van der Waals surface area contributed by atoms with Gasteiger partial charge in [0.15, 0.2) is 0 Å². The highest BCUT2D eigenvalue weighted by atomic mass is 35.5. The predicted octanol–water partition coefficient (Wildman–Crippen LogP) is 5.42. The van der Waals surface area contributed by atoms with Crippen molar-refractivity contribution in [1.82, 2.24) is 20.3 Å². The fourth-order valence-electron chi connectivity index (χ4n) is 2.41. The molecule has 140 valence electrons. The van der Waals surface area contributed by atoms with E-state index in [4.69, 9.17) is 16.1 Å². The number of thioether (sulfide) groups is 1. The van der Waals surface area contributed by atoms with Crippen LogP contribution in [0.2, 0.25) is 5.02 Å². The molecule has 2 aromatic carbocycles. The van der Waals surface area contributed by atoms with Gasteiger partial charge in [0.2, 0.25) is 11.7 Å². The van der Waals surface area contributed by atoms with Gasteiger partial charge in [0, 0.05) is 11.1 Å². The molecule has 0 radical (unpaired) electrons. The van der Waals surface area contributed by atoms with E-state index < -0.39 is 5.82 Å². The summed E-state index contributed by atoms with van der Waals surface area (Å²) in [5.41, 5.74) is 1.40. The van der Waals surface area contributed by atoms with Crippen molar-refractivity contribution >= 4 is 23.4 Å². The molecular formula is C19H11ClF2N4OS. The summed E-state index contributed by atoms with van der Waals surface area (Å²) in [6.07, 6.45) is 0. The Balaban J connectivity index is 1.43. The molecule has 0 aliphatic rings. The maximum absolute atomic E-state index is 13.8. The third kappa shape index (κ3) is 4.02. The molecule has 0 saturated heterocycles. The third-order valence-corrected chi connectivity index (χ3v) is 4.97. The van der Waals surface area contributed by atoms with E-state index in [9.17, 15) is 8.78 Å². The Hall–Kier alpha value is -2.84. The SMILES string of the molecule is Fc1ccc(-c2noc(CSc3ccc(-c4ccccc4F)nn3)n2)cc1Cl. The molecular weight excluding hydrogens is 406 g/mol. The molecule has 0 unspecified atom stereocenters. The van der Waals surface area contributed by atoms with Crippen LogP contribution in [0.5, 0.6) is 0 Å². The minimum Gasteiger partial charge on any atom is -0.338 e. The van der Waals surface area contributed by atoms with Gasteiger partial charge in [-0.3, -0.25) is 0 Å². The summed E-state index contributed by atoms with van der Waals surface area (Å²) >= 11 is 7.12. The van der Waals surface area contributed by atoms with Crippen molar-refractivity contribution in [2.45, 2.75) is 10.8 Å². The summed E-state index contributed by atoms with van der Waals surface area (Å²) in [6, 6.07) is 14.0. The summed E-state index contributed by atoms with van der Waals surface area (Å²) in [7, 11) is 0. The normalized spacial score (nSPS) is 11.0. The van der Waals surface area contributed by atoms with E-state index in [1.54, 1.807) is 30.3 Å². The number of hydrogen-bond acceptors (Lipinski definition) is 6. The lowest BCUT2D eigenvalue weighted by Gasteiger charge is -2.02. The van der Waals surface area contributed by atoms with Crippen molar-refractivity contribution in [3.63, 3.8) is 0 Å². The molecule has 0 aliphatic heterocycles. The maximum Gasteiger partial charge on any atom is 0.237 e. The minimum atomic E-state index is -0.512. The molecule has 9 heteroatoms. The smallest absolute Gasteiger partial charge is 0.237 e. The van der Waals surface area contributed by atoms with Gasteiger partial charge in [-0.05, 0) is 42.5 Å². The highest BCUT2D eigenvalue weighted by Crippen LogP contribution is 2.26. The van der Waals surface area contributed by atoms with Gasteiger partial charge in [0.1, 0.15) is 16.7 Å². The first-order chi connectivity index (χ1) is 13.6. The molecule has 0 saturated carbocycles. The first-order valence-electron chi connectivity index (χ1n) is 8.09. The lowest BCUT2D eigenvalue weighted by atomic mass is 10.1. The Morgan fingerprint density at radius 2 is 1.82 bits per heavy atom. The van der Waals surface area contributed by atoms with Gasteiger partial charge in [-0.15, -0.1) is 10.2 Å². The quantitative estimate of drug-likeness (QED) is 0.405. The van der Waals surface area contributed by atoms with E-state index in [1.165, 1.54) is 36.0 Å². The highest BCUT2D eigenvalue weighted by molar-refractivity contribution is 7.98. The van der Waals surface area contributed by atoms with Crippen LogP contribution in [0.25, 0.3) is 22.6 Å². The van der Waals surface area contributed by atoms with E-state index in [1.807, 2.05) is 0 Å². The molecule has 4 rings (SSSR count). The molecule has 0 bridgehead atoms. The minimum absolute atomic E-state index is 0.0107. The molecule has 0 aliphatic carbocycles. The van der Waals surface area contributed by atoms with Crippen LogP contribution in [0.4, 0.5) is 8.78 Å². The zero-order valence-corrected chi connectivity index (χ0v) is 15.7. The molecule has 0 spiro atoms. The first-order valence-corrected chi connectivity index (χ1v) is 9.46. The second-order valence-electron chi connectivity index (χ2n) is 5.67. The van der Waals surface area contributed by atoms with E-state index >= 15 is 0 Å². The van der Waals surface area contributed by atoms with Crippen LogP contribution in [-0.2, 0) is 5.75 Å².